The van der Waals surface area contributed by atoms with E-state index in [1.807, 2.05) is 30.3 Å². The average Bonchev–Trinajstić information content (AvgIpc) is 2.33. The minimum absolute atomic E-state index is 0.213. The van der Waals surface area contributed by atoms with Crippen molar-refractivity contribution in [1.29, 1.82) is 0 Å². The molecule has 1 amide bonds. The first kappa shape index (κ1) is 11.2. The quantitative estimate of drug-likeness (QED) is 0.332. The number of nitrogens with one attached hydrogen (secondary N) is 2. The van der Waals surface area contributed by atoms with Crippen LogP contribution in [0.3, 0.4) is 0 Å². The molecule has 1 heterocycles. The molecular formula is C11H13N2O2S+. The predicted molar refractivity (Wildman–Crippen MR) is 63.7 cm³/mol. The zero-order valence-corrected chi connectivity index (χ0v) is 9.50. The molecule has 0 radical (unpaired) electrons. The van der Waals surface area contributed by atoms with E-state index in [0.717, 1.165) is 21.1 Å². The van der Waals surface area contributed by atoms with E-state index in [2.05, 4.69) is 12.6 Å². The number of hydroxylamine groups is 1. The zero-order valence-electron chi connectivity index (χ0n) is 8.60. The molecule has 1 aromatic rings. The Hall–Kier alpha value is -1.30. The number of benzene rings is 1. The lowest BCUT2D eigenvalue weighted by molar-refractivity contribution is -0.818. The topological polar surface area (TPSA) is 53.8 Å². The number of para-hydroxylation sites is 1. The second kappa shape index (κ2) is 4.69. The third-order valence-electron chi connectivity index (χ3n) is 2.62. The summed E-state index contributed by atoms with van der Waals surface area (Å²) >= 11 is 4.39. The molecule has 1 aliphatic rings. The highest BCUT2D eigenvalue weighted by molar-refractivity contribution is 7.90. The summed E-state index contributed by atoms with van der Waals surface area (Å²) in [6, 6.07) is 7.82. The van der Waals surface area contributed by atoms with E-state index < -0.39 is 0 Å². The molecule has 0 spiro atoms. The first-order valence-corrected chi connectivity index (χ1v) is 5.43. The minimum atomic E-state index is -0.388. The normalized spacial score (nSPS) is 18.6. The van der Waals surface area contributed by atoms with Gasteiger partial charge < -0.3 is 0 Å². The molecule has 1 aliphatic heterocycles. The van der Waals surface area contributed by atoms with E-state index >= 15 is 0 Å². The van der Waals surface area contributed by atoms with Gasteiger partial charge in [0.15, 0.2) is 6.54 Å². The maximum Gasteiger partial charge on any atom is 0.298 e. The van der Waals surface area contributed by atoms with Crippen molar-refractivity contribution >= 4 is 29.1 Å². The molecular weight excluding hydrogens is 224 g/mol. The number of hydrogen-bond donors (Lipinski definition) is 4. The fourth-order valence-electron chi connectivity index (χ4n) is 1.86. The Morgan fingerprint density at radius 2 is 2.25 bits per heavy atom. The summed E-state index contributed by atoms with van der Waals surface area (Å²) < 4.78 is 0. The van der Waals surface area contributed by atoms with Crippen LogP contribution >= 0.6 is 12.6 Å². The summed E-state index contributed by atoms with van der Waals surface area (Å²) in [5.74, 6) is -0.388. The van der Waals surface area contributed by atoms with Gasteiger partial charge in [0.2, 0.25) is 0 Å². The molecule has 4 nitrogen and oxygen atoms in total. The van der Waals surface area contributed by atoms with Gasteiger partial charge in [-0.05, 0) is 18.2 Å². The van der Waals surface area contributed by atoms with Gasteiger partial charge in [0.05, 0.1) is 0 Å². The van der Waals surface area contributed by atoms with Crippen molar-refractivity contribution in [3.05, 3.63) is 35.9 Å². The lowest BCUT2D eigenvalue weighted by Gasteiger charge is -2.23. The van der Waals surface area contributed by atoms with Gasteiger partial charge in [-0.2, -0.15) is 0 Å². The molecule has 1 aromatic carbocycles. The Labute approximate surface area is 98.9 Å². The lowest BCUT2D eigenvalue weighted by atomic mass is 10.1. The van der Waals surface area contributed by atoms with Crippen LogP contribution in [-0.2, 0) is 4.79 Å². The van der Waals surface area contributed by atoms with E-state index in [1.54, 1.807) is 5.48 Å². The molecule has 5 heteroatoms. The smallest absolute Gasteiger partial charge is 0.291 e. The maximum absolute atomic E-state index is 11.1. The Balaban J connectivity index is 2.29. The zero-order chi connectivity index (χ0) is 11.5. The first-order chi connectivity index (χ1) is 7.72. The van der Waals surface area contributed by atoms with Crippen LogP contribution in [0.15, 0.2) is 30.3 Å². The molecule has 3 N–H and O–H groups in total. The minimum Gasteiger partial charge on any atom is -0.291 e. The number of hydrogen-bond acceptors (Lipinski definition) is 3. The molecule has 0 fully saturated rings. The van der Waals surface area contributed by atoms with Crippen molar-refractivity contribution in [1.82, 2.24) is 5.48 Å². The number of thiol groups is 1. The molecule has 0 saturated carbocycles. The molecule has 1 atom stereocenters. The van der Waals surface area contributed by atoms with Gasteiger partial charge in [-0.25, -0.2) is 5.48 Å². The Morgan fingerprint density at radius 1 is 1.50 bits per heavy atom. The number of carbonyl (C=O) groups is 1. The van der Waals surface area contributed by atoms with Gasteiger partial charge in [-0.15, -0.1) is 12.6 Å². The van der Waals surface area contributed by atoms with Crippen molar-refractivity contribution in [2.24, 2.45) is 0 Å². The van der Waals surface area contributed by atoms with Crippen LogP contribution < -0.4 is 10.4 Å². The molecule has 2 rings (SSSR count). The highest BCUT2D eigenvalue weighted by Crippen LogP contribution is 2.25. The molecule has 0 saturated heterocycles. The van der Waals surface area contributed by atoms with Crippen LogP contribution in [-0.4, -0.2) is 24.2 Å². The fraction of sp³-hybridized carbons (Fsp3) is 0.182. The van der Waals surface area contributed by atoms with Crippen molar-refractivity contribution < 1.29 is 14.9 Å². The highest BCUT2D eigenvalue weighted by atomic mass is 32.1. The van der Waals surface area contributed by atoms with Crippen LogP contribution in [0, 0.1) is 0 Å². The van der Waals surface area contributed by atoms with Crippen LogP contribution in [0.1, 0.15) is 5.56 Å². The van der Waals surface area contributed by atoms with Gasteiger partial charge in [0, 0.05) is 10.5 Å². The van der Waals surface area contributed by atoms with Crippen molar-refractivity contribution in [3.63, 3.8) is 0 Å². The fourth-order valence-corrected chi connectivity index (χ4v) is 2.14. The Bertz CT molecular complexity index is 445. The SMILES string of the molecule is O=C(C[NH+]1CC=C(S)c2ccccc21)NO. The lowest BCUT2D eigenvalue weighted by Crippen LogP contribution is -3.09. The second-order valence-corrected chi connectivity index (χ2v) is 4.14. The number of fused-ring (bicyclic) bond motifs is 1. The van der Waals surface area contributed by atoms with Crippen molar-refractivity contribution in [2.45, 2.75) is 0 Å². The summed E-state index contributed by atoms with van der Waals surface area (Å²) in [6.07, 6.45) is 1.98. The van der Waals surface area contributed by atoms with Crippen LogP contribution in [0.4, 0.5) is 5.69 Å². The maximum atomic E-state index is 11.1. The van der Waals surface area contributed by atoms with Gasteiger partial charge in [0.25, 0.3) is 5.91 Å². The molecule has 16 heavy (non-hydrogen) atoms. The van der Waals surface area contributed by atoms with Crippen molar-refractivity contribution in [3.8, 4) is 0 Å². The Morgan fingerprint density at radius 3 is 3.00 bits per heavy atom. The highest BCUT2D eigenvalue weighted by Gasteiger charge is 2.23. The molecule has 0 aromatic heterocycles. The summed E-state index contributed by atoms with van der Waals surface area (Å²) in [7, 11) is 0. The molecule has 84 valence electrons. The summed E-state index contributed by atoms with van der Waals surface area (Å²) in [6.45, 7) is 0.911. The van der Waals surface area contributed by atoms with Crippen LogP contribution in [0.2, 0.25) is 0 Å². The monoisotopic (exact) mass is 237 g/mol. The Kier molecular flexibility index (Phi) is 3.28. The van der Waals surface area contributed by atoms with Gasteiger partial charge in [-0.1, -0.05) is 12.1 Å². The number of rotatable bonds is 2. The first-order valence-electron chi connectivity index (χ1n) is 4.99. The largest absolute Gasteiger partial charge is 0.298 e. The van der Waals surface area contributed by atoms with E-state index in [9.17, 15) is 4.79 Å². The van der Waals surface area contributed by atoms with E-state index in [-0.39, 0.29) is 12.5 Å². The van der Waals surface area contributed by atoms with Crippen molar-refractivity contribution in [2.75, 3.05) is 13.1 Å². The molecule has 0 bridgehead atoms. The van der Waals surface area contributed by atoms with Gasteiger partial charge in [-0.3, -0.25) is 14.9 Å². The van der Waals surface area contributed by atoms with E-state index in [1.165, 1.54) is 0 Å². The van der Waals surface area contributed by atoms with Gasteiger partial charge >= 0.3 is 0 Å². The molecule has 0 aliphatic carbocycles. The second-order valence-electron chi connectivity index (χ2n) is 3.65. The number of carbonyl (C=O) groups excluding carboxylic acids is 1. The van der Waals surface area contributed by atoms with E-state index in [4.69, 9.17) is 5.21 Å². The summed E-state index contributed by atoms with van der Waals surface area (Å²) in [4.78, 5) is 13.1. The number of quaternary nitrogens is 1. The average molecular weight is 237 g/mol. The summed E-state index contributed by atoms with van der Waals surface area (Å²) in [5.41, 5.74) is 3.73. The molecule has 1 unspecified atom stereocenters. The third-order valence-corrected chi connectivity index (χ3v) is 3.05. The standard InChI is InChI=1S/C11H12N2O2S/c14-11(12-15)7-13-6-5-10(16)8-3-1-2-4-9(8)13/h1-5,15-16H,6-7H2,(H,12,14)/p+1. The van der Waals surface area contributed by atoms with Crippen LogP contribution in [0.5, 0.6) is 0 Å². The number of amides is 1. The predicted octanol–water partition coefficient (Wildman–Crippen LogP) is -0.00730. The van der Waals surface area contributed by atoms with Crippen LogP contribution in [0.25, 0.3) is 4.91 Å². The third kappa shape index (κ3) is 2.11. The van der Waals surface area contributed by atoms with Gasteiger partial charge in [0.1, 0.15) is 12.2 Å². The summed E-state index contributed by atoms with van der Waals surface area (Å²) in [5, 5.41) is 8.52. The van der Waals surface area contributed by atoms with E-state index in [0.29, 0.717) is 6.54 Å².